The first kappa shape index (κ1) is 16.4. The normalized spacial score (nSPS) is 11.2. The van der Waals surface area contributed by atoms with Gasteiger partial charge in [0.1, 0.15) is 0 Å². The van der Waals surface area contributed by atoms with Crippen LogP contribution in [0.5, 0.6) is 0 Å². The summed E-state index contributed by atoms with van der Waals surface area (Å²) in [6, 6.07) is 0. The molecule has 102 valence electrons. The van der Waals surface area contributed by atoms with Crippen molar-refractivity contribution in [2.24, 2.45) is 5.92 Å². The molecule has 5 nitrogen and oxygen atoms in total. The lowest BCUT2D eigenvalue weighted by molar-refractivity contribution is -0.122. The molecule has 0 aliphatic heterocycles. The van der Waals surface area contributed by atoms with E-state index in [1.165, 1.54) is 0 Å². The number of carbonyl (C=O) groups excluding carboxylic acids is 1. The summed E-state index contributed by atoms with van der Waals surface area (Å²) in [5, 5.41) is 11.4. The van der Waals surface area contributed by atoms with E-state index < -0.39 is 0 Å². The Morgan fingerprint density at radius 2 is 2.12 bits per heavy atom. The van der Waals surface area contributed by atoms with E-state index in [0.29, 0.717) is 32.2 Å². The highest BCUT2D eigenvalue weighted by molar-refractivity contribution is 5.77. The molecule has 0 rings (SSSR count). The second kappa shape index (κ2) is 10.5. The quantitative estimate of drug-likeness (QED) is 0.536. The molecule has 0 saturated heterocycles. The van der Waals surface area contributed by atoms with Crippen molar-refractivity contribution in [1.29, 1.82) is 0 Å². The van der Waals surface area contributed by atoms with Crippen molar-refractivity contribution >= 4 is 5.91 Å². The highest BCUT2D eigenvalue weighted by Crippen LogP contribution is 1.96. The van der Waals surface area contributed by atoms with Crippen LogP contribution in [-0.4, -0.2) is 62.4 Å². The number of hydrogen-bond acceptors (Lipinski definition) is 4. The lowest BCUT2D eigenvalue weighted by Gasteiger charge is -2.16. The molecule has 17 heavy (non-hydrogen) atoms. The van der Waals surface area contributed by atoms with E-state index in [1.54, 1.807) is 0 Å². The molecular weight excluding hydrogens is 220 g/mol. The molecule has 0 atom stereocenters. The molecular formula is C12H26N2O3. The van der Waals surface area contributed by atoms with Crippen molar-refractivity contribution in [2.45, 2.75) is 20.3 Å². The fraction of sp³-hybridized carbons (Fsp3) is 0.917. The Balaban J connectivity index is 3.45. The van der Waals surface area contributed by atoms with Gasteiger partial charge in [0.05, 0.1) is 26.4 Å². The molecule has 2 N–H and O–H groups in total. The van der Waals surface area contributed by atoms with Gasteiger partial charge in [-0.3, -0.25) is 9.69 Å². The van der Waals surface area contributed by atoms with Crippen molar-refractivity contribution in [3.63, 3.8) is 0 Å². The lowest BCUT2D eigenvalue weighted by Crippen LogP contribution is -2.37. The summed E-state index contributed by atoms with van der Waals surface area (Å²) in [5.41, 5.74) is 0. The Morgan fingerprint density at radius 3 is 2.71 bits per heavy atom. The average molecular weight is 246 g/mol. The zero-order valence-corrected chi connectivity index (χ0v) is 11.2. The molecule has 0 aromatic carbocycles. The molecule has 0 aromatic rings. The summed E-state index contributed by atoms with van der Waals surface area (Å²) in [5.74, 6) is 0.662. The second-order valence-corrected chi connectivity index (χ2v) is 4.61. The van der Waals surface area contributed by atoms with E-state index >= 15 is 0 Å². The maximum atomic E-state index is 11.5. The van der Waals surface area contributed by atoms with Crippen LogP contribution in [0.2, 0.25) is 0 Å². The van der Waals surface area contributed by atoms with Gasteiger partial charge < -0.3 is 15.2 Å². The molecule has 0 aromatic heterocycles. The van der Waals surface area contributed by atoms with E-state index in [0.717, 1.165) is 13.0 Å². The molecule has 0 bridgehead atoms. The van der Waals surface area contributed by atoms with Crippen LogP contribution in [0.25, 0.3) is 0 Å². The fourth-order valence-electron chi connectivity index (χ4n) is 1.27. The van der Waals surface area contributed by atoms with Gasteiger partial charge in [-0.2, -0.15) is 0 Å². The molecule has 0 saturated carbocycles. The number of aliphatic hydroxyl groups excluding tert-OH is 1. The molecule has 0 heterocycles. The minimum Gasteiger partial charge on any atom is -0.394 e. The number of aliphatic hydroxyl groups is 1. The highest BCUT2D eigenvalue weighted by Gasteiger charge is 2.05. The smallest absolute Gasteiger partial charge is 0.234 e. The topological polar surface area (TPSA) is 61.8 Å². The Labute approximate surface area is 104 Å². The summed E-state index contributed by atoms with van der Waals surface area (Å²) in [6.07, 6.45) is 1.01. The molecule has 0 unspecified atom stereocenters. The van der Waals surface area contributed by atoms with Crippen LogP contribution >= 0.6 is 0 Å². The van der Waals surface area contributed by atoms with Crippen LogP contribution < -0.4 is 5.32 Å². The van der Waals surface area contributed by atoms with Gasteiger partial charge in [0.15, 0.2) is 0 Å². The second-order valence-electron chi connectivity index (χ2n) is 4.61. The number of hydrogen-bond donors (Lipinski definition) is 2. The van der Waals surface area contributed by atoms with Crippen LogP contribution in [-0.2, 0) is 9.53 Å². The fourth-order valence-corrected chi connectivity index (χ4v) is 1.27. The van der Waals surface area contributed by atoms with E-state index in [4.69, 9.17) is 9.84 Å². The number of likely N-dealkylation sites (N-methyl/N-ethyl adjacent to an activating group) is 1. The first-order valence-corrected chi connectivity index (χ1v) is 6.20. The van der Waals surface area contributed by atoms with Crippen LogP contribution in [0.3, 0.4) is 0 Å². The van der Waals surface area contributed by atoms with Gasteiger partial charge in [0, 0.05) is 13.1 Å². The predicted octanol–water partition coefficient (Wildman–Crippen LogP) is 0.0894. The first-order chi connectivity index (χ1) is 8.06. The molecule has 0 aliphatic rings. The van der Waals surface area contributed by atoms with Crippen molar-refractivity contribution in [2.75, 3.05) is 46.5 Å². The number of ether oxygens (including phenoxy) is 1. The Hall–Kier alpha value is -0.650. The minimum atomic E-state index is 0.0411. The Morgan fingerprint density at radius 1 is 1.41 bits per heavy atom. The van der Waals surface area contributed by atoms with Gasteiger partial charge in [0.2, 0.25) is 5.91 Å². The van der Waals surface area contributed by atoms with Crippen molar-refractivity contribution < 1.29 is 14.6 Å². The summed E-state index contributed by atoms with van der Waals surface area (Å²) in [6.45, 7) is 7.03. The molecule has 0 fully saturated rings. The minimum absolute atomic E-state index is 0.0411. The van der Waals surface area contributed by atoms with Crippen LogP contribution in [0.4, 0.5) is 0 Å². The van der Waals surface area contributed by atoms with Gasteiger partial charge in [-0.25, -0.2) is 0 Å². The summed E-state index contributed by atoms with van der Waals surface area (Å²) in [4.78, 5) is 13.4. The largest absolute Gasteiger partial charge is 0.394 e. The molecule has 1 amide bonds. The van der Waals surface area contributed by atoms with E-state index in [9.17, 15) is 4.79 Å². The van der Waals surface area contributed by atoms with Gasteiger partial charge in [0.25, 0.3) is 0 Å². The first-order valence-electron chi connectivity index (χ1n) is 6.20. The summed E-state index contributed by atoms with van der Waals surface area (Å²) >= 11 is 0. The van der Waals surface area contributed by atoms with Crippen molar-refractivity contribution in [1.82, 2.24) is 10.2 Å². The van der Waals surface area contributed by atoms with Gasteiger partial charge in [-0.05, 0) is 19.4 Å². The predicted molar refractivity (Wildman–Crippen MR) is 67.9 cm³/mol. The Kier molecular flexibility index (Phi) is 10.1. The number of carbonyl (C=O) groups is 1. The Bertz CT molecular complexity index is 198. The van der Waals surface area contributed by atoms with Crippen LogP contribution in [0.15, 0.2) is 0 Å². The van der Waals surface area contributed by atoms with Crippen LogP contribution in [0.1, 0.15) is 20.3 Å². The van der Waals surface area contributed by atoms with E-state index in [-0.39, 0.29) is 12.5 Å². The van der Waals surface area contributed by atoms with Crippen molar-refractivity contribution in [3.05, 3.63) is 0 Å². The lowest BCUT2D eigenvalue weighted by atomic mass is 10.1. The standard InChI is InChI=1S/C12H26N2O3/c1-11(2)4-5-13-12(16)10-14(3)6-8-17-9-7-15/h11,15H,4-10H2,1-3H3,(H,13,16). The zero-order chi connectivity index (χ0) is 13.1. The van der Waals surface area contributed by atoms with E-state index in [1.807, 2.05) is 11.9 Å². The zero-order valence-electron chi connectivity index (χ0n) is 11.2. The highest BCUT2D eigenvalue weighted by atomic mass is 16.5. The van der Waals surface area contributed by atoms with Crippen LogP contribution in [0, 0.1) is 5.92 Å². The third-order valence-corrected chi connectivity index (χ3v) is 2.31. The van der Waals surface area contributed by atoms with E-state index in [2.05, 4.69) is 19.2 Å². The monoisotopic (exact) mass is 246 g/mol. The summed E-state index contributed by atoms with van der Waals surface area (Å²) in [7, 11) is 1.88. The summed E-state index contributed by atoms with van der Waals surface area (Å²) < 4.78 is 5.12. The number of nitrogens with one attached hydrogen (secondary N) is 1. The molecule has 5 heteroatoms. The van der Waals surface area contributed by atoms with Gasteiger partial charge in [-0.15, -0.1) is 0 Å². The maximum Gasteiger partial charge on any atom is 0.234 e. The van der Waals surface area contributed by atoms with Crippen molar-refractivity contribution in [3.8, 4) is 0 Å². The maximum absolute atomic E-state index is 11.5. The van der Waals surface area contributed by atoms with Gasteiger partial charge >= 0.3 is 0 Å². The third kappa shape index (κ3) is 11.6. The molecule has 0 aliphatic carbocycles. The molecule has 0 spiro atoms. The molecule has 0 radical (unpaired) electrons. The number of rotatable bonds is 10. The number of nitrogens with zero attached hydrogens (tertiary/aromatic N) is 1. The average Bonchev–Trinajstić information content (AvgIpc) is 2.23. The SMILES string of the molecule is CC(C)CCNC(=O)CN(C)CCOCCO. The number of amides is 1. The third-order valence-electron chi connectivity index (χ3n) is 2.31. The van der Waals surface area contributed by atoms with Gasteiger partial charge in [-0.1, -0.05) is 13.8 Å².